The smallest absolute Gasteiger partial charge is 0.128 e. The van der Waals surface area contributed by atoms with Crippen LogP contribution in [0.4, 0.5) is 0 Å². The molecule has 1 atom stereocenters. The summed E-state index contributed by atoms with van der Waals surface area (Å²) < 4.78 is 2.11. The average Bonchev–Trinajstić information content (AvgIpc) is 2.83. The second-order valence-corrected chi connectivity index (χ2v) is 4.91. The summed E-state index contributed by atoms with van der Waals surface area (Å²) >= 11 is 6.05. The topological polar surface area (TPSA) is 43.8 Å². The first-order valence-electron chi connectivity index (χ1n) is 5.20. The lowest BCUT2D eigenvalue weighted by Gasteiger charge is -2.28. The Labute approximate surface area is 88.3 Å². The maximum Gasteiger partial charge on any atom is 0.128 e. The maximum absolute atomic E-state index is 6.25. The van der Waals surface area contributed by atoms with Gasteiger partial charge in [0.05, 0.1) is 6.20 Å². The second-order valence-electron chi connectivity index (χ2n) is 4.52. The van der Waals surface area contributed by atoms with Crippen molar-refractivity contribution < 1.29 is 0 Å². The third-order valence-electron chi connectivity index (χ3n) is 3.55. The monoisotopic (exact) mass is 211 g/mol. The van der Waals surface area contributed by atoms with E-state index in [1.54, 1.807) is 6.20 Å². The van der Waals surface area contributed by atoms with Crippen molar-refractivity contribution >= 4 is 11.6 Å². The van der Waals surface area contributed by atoms with Crippen LogP contribution in [0.1, 0.15) is 37.4 Å². The van der Waals surface area contributed by atoms with Crippen molar-refractivity contribution in [3.63, 3.8) is 0 Å². The fourth-order valence-electron chi connectivity index (χ4n) is 2.49. The number of nitrogens with two attached hydrogens (primary N) is 1. The normalized spacial score (nSPS) is 28.6. The second kappa shape index (κ2) is 2.74. The van der Waals surface area contributed by atoms with E-state index >= 15 is 0 Å². The fourth-order valence-corrected chi connectivity index (χ4v) is 2.71. The van der Waals surface area contributed by atoms with E-state index in [1.165, 1.54) is 12.8 Å². The van der Waals surface area contributed by atoms with E-state index < -0.39 is 0 Å². The van der Waals surface area contributed by atoms with Gasteiger partial charge in [0.15, 0.2) is 0 Å². The van der Waals surface area contributed by atoms with Gasteiger partial charge in [0.1, 0.15) is 11.0 Å². The van der Waals surface area contributed by atoms with Gasteiger partial charge >= 0.3 is 0 Å². The van der Waals surface area contributed by atoms with Crippen molar-refractivity contribution in [3.05, 3.63) is 17.2 Å². The number of imidazole rings is 1. The van der Waals surface area contributed by atoms with Crippen molar-refractivity contribution in [2.24, 2.45) is 5.73 Å². The van der Waals surface area contributed by atoms with Crippen molar-refractivity contribution in [2.75, 3.05) is 0 Å². The van der Waals surface area contributed by atoms with Gasteiger partial charge in [0, 0.05) is 18.0 Å². The first-order valence-corrected chi connectivity index (χ1v) is 5.58. The Morgan fingerprint density at radius 3 is 3.07 bits per heavy atom. The Hall–Kier alpha value is -0.540. The molecule has 3 nitrogen and oxygen atoms in total. The minimum absolute atomic E-state index is 0.0346. The van der Waals surface area contributed by atoms with Crippen LogP contribution in [-0.4, -0.2) is 15.1 Å². The molecule has 3 rings (SSSR count). The first-order chi connectivity index (χ1) is 6.71. The molecular weight excluding hydrogens is 198 g/mol. The van der Waals surface area contributed by atoms with E-state index in [-0.39, 0.29) is 5.54 Å². The number of rotatable bonds is 1. The van der Waals surface area contributed by atoms with Crippen LogP contribution in [0.25, 0.3) is 0 Å². The number of aromatic nitrogens is 2. The van der Waals surface area contributed by atoms with Gasteiger partial charge in [-0.05, 0) is 25.7 Å². The van der Waals surface area contributed by atoms with E-state index in [2.05, 4.69) is 9.55 Å². The van der Waals surface area contributed by atoms with Crippen LogP contribution < -0.4 is 5.73 Å². The van der Waals surface area contributed by atoms with E-state index in [0.717, 1.165) is 30.4 Å². The Bertz CT molecular complexity index is 367. The summed E-state index contributed by atoms with van der Waals surface area (Å²) in [6, 6.07) is 0. The molecule has 0 bridgehead atoms. The summed E-state index contributed by atoms with van der Waals surface area (Å²) in [5, 5.41) is 0.758. The molecule has 1 aromatic heterocycles. The SMILES string of the molecule is NC1(C2CCCn3c(Cl)cnc32)CC1. The molecule has 0 aromatic carbocycles. The Kier molecular flexibility index (Phi) is 1.71. The number of nitrogens with zero attached hydrogens (tertiary/aromatic N) is 2. The van der Waals surface area contributed by atoms with E-state index in [9.17, 15) is 0 Å². The highest BCUT2D eigenvalue weighted by atomic mass is 35.5. The lowest BCUT2D eigenvalue weighted by molar-refractivity contribution is 0.380. The minimum atomic E-state index is 0.0346. The summed E-state index contributed by atoms with van der Waals surface area (Å²) in [7, 11) is 0. The largest absolute Gasteiger partial charge is 0.324 e. The van der Waals surface area contributed by atoms with Gasteiger partial charge in [-0.25, -0.2) is 4.98 Å². The highest BCUT2D eigenvalue weighted by Gasteiger charge is 2.48. The fraction of sp³-hybridized carbons (Fsp3) is 0.700. The average molecular weight is 212 g/mol. The van der Waals surface area contributed by atoms with Crippen LogP contribution in [0.5, 0.6) is 0 Å². The van der Waals surface area contributed by atoms with E-state index in [1.807, 2.05) is 0 Å². The standard InChI is InChI=1S/C10H14ClN3/c11-8-6-13-9-7(10(12)3-4-10)2-1-5-14(8)9/h6-7H,1-5,12H2. The molecule has 1 fully saturated rings. The zero-order chi connectivity index (χ0) is 9.76. The van der Waals surface area contributed by atoms with Crippen LogP contribution in [0.3, 0.4) is 0 Å². The Morgan fingerprint density at radius 2 is 2.36 bits per heavy atom. The van der Waals surface area contributed by atoms with Gasteiger partial charge in [0.25, 0.3) is 0 Å². The molecule has 1 aromatic rings. The minimum Gasteiger partial charge on any atom is -0.324 e. The zero-order valence-corrected chi connectivity index (χ0v) is 8.80. The highest BCUT2D eigenvalue weighted by Crippen LogP contribution is 2.48. The first kappa shape index (κ1) is 8.74. The van der Waals surface area contributed by atoms with Crippen LogP contribution in [0, 0.1) is 0 Å². The van der Waals surface area contributed by atoms with Gasteiger partial charge in [0.2, 0.25) is 0 Å². The van der Waals surface area contributed by atoms with E-state index in [0.29, 0.717) is 5.92 Å². The Balaban J connectivity index is 2.03. The Morgan fingerprint density at radius 1 is 1.57 bits per heavy atom. The highest BCUT2D eigenvalue weighted by molar-refractivity contribution is 6.29. The van der Waals surface area contributed by atoms with Crippen LogP contribution in [0.2, 0.25) is 5.15 Å². The van der Waals surface area contributed by atoms with Crippen molar-refractivity contribution in [1.29, 1.82) is 0 Å². The summed E-state index contributed by atoms with van der Waals surface area (Å²) in [6.07, 6.45) is 6.38. The number of hydrogen-bond acceptors (Lipinski definition) is 2. The molecule has 1 unspecified atom stereocenters. The van der Waals surface area contributed by atoms with Crippen molar-refractivity contribution in [2.45, 2.75) is 43.7 Å². The maximum atomic E-state index is 6.25. The molecule has 4 heteroatoms. The third kappa shape index (κ3) is 1.12. The summed E-state index contributed by atoms with van der Waals surface area (Å²) in [4.78, 5) is 4.40. The summed E-state index contributed by atoms with van der Waals surface area (Å²) in [5.74, 6) is 1.55. The van der Waals surface area contributed by atoms with Crippen LogP contribution in [0.15, 0.2) is 6.20 Å². The molecule has 1 aliphatic carbocycles. The molecule has 0 amide bonds. The number of hydrogen-bond donors (Lipinski definition) is 1. The zero-order valence-electron chi connectivity index (χ0n) is 8.04. The van der Waals surface area contributed by atoms with Crippen molar-refractivity contribution in [3.8, 4) is 0 Å². The molecule has 0 spiro atoms. The van der Waals surface area contributed by atoms with Crippen LogP contribution in [-0.2, 0) is 6.54 Å². The molecule has 14 heavy (non-hydrogen) atoms. The third-order valence-corrected chi connectivity index (χ3v) is 3.85. The lowest BCUT2D eigenvalue weighted by atomic mass is 9.89. The van der Waals surface area contributed by atoms with E-state index in [4.69, 9.17) is 17.3 Å². The molecular formula is C10H14ClN3. The van der Waals surface area contributed by atoms with Crippen LogP contribution >= 0.6 is 11.6 Å². The molecule has 0 radical (unpaired) electrons. The van der Waals surface area contributed by atoms with Gasteiger partial charge in [-0.3, -0.25) is 0 Å². The predicted octanol–water partition coefficient (Wildman–Crippen LogP) is 1.91. The molecule has 1 aliphatic heterocycles. The van der Waals surface area contributed by atoms with Crippen molar-refractivity contribution in [1.82, 2.24) is 9.55 Å². The van der Waals surface area contributed by atoms with Gasteiger partial charge < -0.3 is 10.3 Å². The van der Waals surface area contributed by atoms with Gasteiger partial charge in [-0.15, -0.1) is 0 Å². The molecule has 0 saturated heterocycles. The molecule has 1 saturated carbocycles. The lowest BCUT2D eigenvalue weighted by Crippen LogP contribution is -2.34. The summed E-state index contributed by atoms with van der Waals surface area (Å²) in [6.45, 7) is 1.00. The quantitative estimate of drug-likeness (QED) is 0.771. The summed E-state index contributed by atoms with van der Waals surface area (Å²) in [5.41, 5.74) is 6.28. The van der Waals surface area contributed by atoms with Gasteiger partial charge in [-0.1, -0.05) is 11.6 Å². The van der Waals surface area contributed by atoms with Gasteiger partial charge in [-0.2, -0.15) is 0 Å². The molecule has 2 aliphatic rings. The number of halogens is 1. The predicted molar refractivity (Wildman–Crippen MR) is 55.4 cm³/mol. The number of fused-ring (bicyclic) bond motifs is 1. The molecule has 2 heterocycles. The molecule has 2 N–H and O–H groups in total. The molecule has 76 valence electrons.